The van der Waals surface area contributed by atoms with Crippen LogP contribution in [0.25, 0.3) is 22.0 Å². The third kappa shape index (κ3) is 1.70. The van der Waals surface area contributed by atoms with Crippen molar-refractivity contribution < 1.29 is 9.50 Å². The van der Waals surface area contributed by atoms with Crippen LogP contribution in [0.4, 0.5) is 4.39 Å². The molecule has 0 amide bonds. The number of aromatic hydroxyl groups is 1. The molecule has 1 heterocycles. The Bertz CT molecular complexity index is 707. The molecule has 0 atom stereocenters. The lowest BCUT2D eigenvalue weighted by atomic mass is 10.0. The maximum absolute atomic E-state index is 12.9. The van der Waals surface area contributed by atoms with E-state index >= 15 is 0 Å². The molecule has 0 radical (unpaired) electrons. The molecule has 1 aromatic heterocycles. The summed E-state index contributed by atoms with van der Waals surface area (Å²) in [7, 11) is 0. The predicted octanol–water partition coefficient (Wildman–Crippen LogP) is 3.75. The molecule has 0 spiro atoms. The van der Waals surface area contributed by atoms with E-state index in [9.17, 15) is 9.50 Å². The Morgan fingerprint density at radius 3 is 2.50 bits per heavy atom. The lowest BCUT2D eigenvalue weighted by Gasteiger charge is -2.08. The Balaban J connectivity index is 2.33. The number of hydrogen-bond donors (Lipinski definition) is 1. The van der Waals surface area contributed by atoms with Gasteiger partial charge in [0.15, 0.2) is 0 Å². The fraction of sp³-hybridized carbons (Fsp3) is 0. The Labute approximate surface area is 103 Å². The lowest BCUT2D eigenvalue weighted by Crippen LogP contribution is -1.86. The summed E-state index contributed by atoms with van der Waals surface area (Å²) < 4.78 is 12.9. The van der Waals surface area contributed by atoms with E-state index in [0.29, 0.717) is 11.1 Å². The number of nitrogens with zero attached hydrogens (tertiary/aromatic N) is 1. The molecule has 88 valence electrons. The smallest absolute Gasteiger partial charge is 0.125 e. The van der Waals surface area contributed by atoms with E-state index in [4.69, 9.17) is 0 Å². The van der Waals surface area contributed by atoms with Gasteiger partial charge in [-0.3, -0.25) is 4.98 Å². The number of hydrogen-bond acceptors (Lipinski definition) is 2. The van der Waals surface area contributed by atoms with Crippen LogP contribution >= 0.6 is 0 Å². The van der Waals surface area contributed by atoms with Gasteiger partial charge in [0, 0.05) is 17.1 Å². The van der Waals surface area contributed by atoms with Gasteiger partial charge < -0.3 is 5.11 Å². The number of halogens is 1. The van der Waals surface area contributed by atoms with Crippen LogP contribution in [-0.2, 0) is 0 Å². The van der Waals surface area contributed by atoms with E-state index < -0.39 is 0 Å². The molecule has 0 bridgehead atoms. The van der Waals surface area contributed by atoms with Crippen molar-refractivity contribution in [3.05, 3.63) is 60.5 Å². The van der Waals surface area contributed by atoms with Gasteiger partial charge >= 0.3 is 0 Å². The molecule has 0 saturated heterocycles. The average Bonchev–Trinajstić information content (AvgIpc) is 2.40. The minimum atomic E-state index is -0.300. The molecule has 0 aliphatic rings. The third-order valence-electron chi connectivity index (χ3n) is 2.89. The highest BCUT2D eigenvalue weighted by Gasteiger charge is 2.10. The first-order chi connectivity index (χ1) is 8.75. The molecule has 0 fully saturated rings. The Kier molecular flexibility index (Phi) is 2.45. The number of phenols is 1. The van der Waals surface area contributed by atoms with Crippen LogP contribution in [-0.4, -0.2) is 10.1 Å². The van der Waals surface area contributed by atoms with Crippen LogP contribution in [0.3, 0.4) is 0 Å². The minimum Gasteiger partial charge on any atom is -0.507 e. The van der Waals surface area contributed by atoms with E-state index in [-0.39, 0.29) is 11.6 Å². The second-order valence-corrected chi connectivity index (χ2v) is 4.04. The quantitative estimate of drug-likeness (QED) is 0.701. The van der Waals surface area contributed by atoms with Gasteiger partial charge in [-0.05, 0) is 35.9 Å². The van der Waals surface area contributed by atoms with Crippen molar-refractivity contribution in [1.82, 2.24) is 4.98 Å². The van der Waals surface area contributed by atoms with Crippen molar-refractivity contribution in [2.75, 3.05) is 0 Å². The molecule has 0 aliphatic heterocycles. The maximum atomic E-state index is 12.9. The standard InChI is InChI=1S/C15H10FNO/c16-12-6-3-10(4-7-12)14-13(18)8-5-11-2-1-9-17-15(11)14/h1-9,18H. The average molecular weight is 239 g/mol. The predicted molar refractivity (Wildman–Crippen MR) is 68.8 cm³/mol. The first-order valence-corrected chi connectivity index (χ1v) is 5.58. The zero-order chi connectivity index (χ0) is 12.5. The SMILES string of the molecule is Oc1ccc2cccnc2c1-c1ccc(F)cc1. The summed E-state index contributed by atoms with van der Waals surface area (Å²) in [5.41, 5.74) is 2.09. The Hall–Kier alpha value is -2.42. The minimum absolute atomic E-state index is 0.146. The van der Waals surface area contributed by atoms with E-state index in [1.54, 1.807) is 24.4 Å². The number of phenolic OH excluding ortho intramolecular Hbond substituents is 1. The van der Waals surface area contributed by atoms with Crippen molar-refractivity contribution in [2.24, 2.45) is 0 Å². The second-order valence-electron chi connectivity index (χ2n) is 4.04. The van der Waals surface area contributed by atoms with Crippen LogP contribution in [0.2, 0.25) is 0 Å². The third-order valence-corrected chi connectivity index (χ3v) is 2.89. The highest BCUT2D eigenvalue weighted by molar-refractivity contribution is 5.96. The monoisotopic (exact) mass is 239 g/mol. The number of fused-ring (bicyclic) bond motifs is 1. The molecule has 0 aliphatic carbocycles. The zero-order valence-electron chi connectivity index (χ0n) is 9.47. The highest BCUT2D eigenvalue weighted by Crippen LogP contribution is 2.34. The van der Waals surface area contributed by atoms with Crippen LogP contribution < -0.4 is 0 Å². The van der Waals surface area contributed by atoms with E-state index in [1.807, 2.05) is 18.2 Å². The van der Waals surface area contributed by atoms with Gasteiger partial charge in [-0.2, -0.15) is 0 Å². The van der Waals surface area contributed by atoms with Crippen molar-refractivity contribution in [1.29, 1.82) is 0 Å². The van der Waals surface area contributed by atoms with Crippen molar-refractivity contribution in [3.8, 4) is 16.9 Å². The zero-order valence-corrected chi connectivity index (χ0v) is 9.47. The molecule has 2 aromatic carbocycles. The van der Waals surface area contributed by atoms with E-state index in [2.05, 4.69) is 4.98 Å². The summed E-state index contributed by atoms with van der Waals surface area (Å²) in [5, 5.41) is 10.9. The van der Waals surface area contributed by atoms with Gasteiger partial charge in [0.05, 0.1) is 5.52 Å². The van der Waals surface area contributed by atoms with E-state index in [0.717, 1.165) is 10.9 Å². The van der Waals surface area contributed by atoms with Gasteiger partial charge in [0.25, 0.3) is 0 Å². The molecule has 0 saturated carbocycles. The lowest BCUT2D eigenvalue weighted by molar-refractivity contribution is 0.478. The summed E-state index contributed by atoms with van der Waals surface area (Å²) >= 11 is 0. The summed E-state index contributed by atoms with van der Waals surface area (Å²) in [5.74, 6) is -0.153. The normalized spacial score (nSPS) is 10.7. The van der Waals surface area contributed by atoms with Gasteiger partial charge in [0.1, 0.15) is 11.6 Å². The number of rotatable bonds is 1. The molecule has 2 nitrogen and oxygen atoms in total. The van der Waals surface area contributed by atoms with Crippen molar-refractivity contribution in [2.45, 2.75) is 0 Å². The van der Waals surface area contributed by atoms with Crippen LogP contribution in [0, 0.1) is 5.82 Å². The summed E-state index contributed by atoms with van der Waals surface area (Å²) in [6, 6.07) is 13.2. The second kappa shape index (κ2) is 4.11. The van der Waals surface area contributed by atoms with Gasteiger partial charge in [-0.1, -0.05) is 18.2 Å². The topological polar surface area (TPSA) is 33.1 Å². The number of benzene rings is 2. The van der Waals surface area contributed by atoms with Crippen LogP contribution in [0.1, 0.15) is 0 Å². The molecule has 3 rings (SSSR count). The largest absolute Gasteiger partial charge is 0.507 e. The Morgan fingerprint density at radius 2 is 1.72 bits per heavy atom. The molecule has 3 heteroatoms. The van der Waals surface area contributed by atoms with Gasteiger partial charge in [-0.15, -0.1) is 0 Å². The number of aromatic nitrogens is 1. The van der Waals surface area contributed by atoms with Gasteiger partial charge in [0.2, 0.25) is 0 Å². The van der Waals surface area contributed by atoms with Crippen LogP contribution in [0.15, 0.2) is 54.7 Å². The maximum Gasteiger partial charge on any atom is 0.125 e. The van der Waals surface area contributed by atoms with E-state index in [1.165, 1.54) is 12.1 Å². The molecule has 18 heavy (non-hydrogen) atoms. The molecule has 3 aromatic rings. The molecule has 1 N–H and O–H groups in total. The van der Waals surface area contributed by atoms with Gasteiger partial charge in [-0.25, -0.2) is 4.39 Å². The highest BCUT2D eigenvalue weighted by atomic mass is 19.1. The number of pyridine rings is 1. The summed E-state index contributed by atoms with van der Waals surface area (Å²) in [6.45, 7) is 0. The molecular weight excluding hydrogens is 229 g/mol. The molecule has 0 unspecified atom stereocenters. The summed E-state index contributed by atoms with van der Waals surface area (Å²) in [4.78, 5) is 4.29. The summed E-state index contributed by atoms with van der Waals surface area (Å²) in [6.07, 6.45) is 1.68. The van der Waals surface area contributed by atoms with Crippen molar-refractivity contribution >= 4 is 10.9 Å². The van der Waals surface area contributed by atoms with Crippen LogP contribution in [0.5, 0.6) is 5.75 Å². The fourth-order valence-electron chi connectivity index (χ4n) is 2.04. The van der Waals surface area contributed by atoms with Crippen molar-refractivity contribution in [3.63, 3.8) is 0 Å². The Morgan fingerprint density at radius 1 is 0.944 bits per heavy atom. The molecular formula is C15H10FNO. The fourth-order valence-corrected chi connectivity index (χ4v) is 2.04. The first kappa shape index (κ1) is 10.7. The first-order valence-electron chi connectivity index (χ1n) is 5.58.